The Balaban J connectivity index is 1.45. The van der Waals surface area contributed by atoms with E-state index in [0.717, 1.165) is 0 Å². The van der Waals surface area contributed by atoms with Crippen LogP contribution in [0.15, 0.2) is 31.6 Å². The van der Waals surface area contributed by atoms with Gasteiger partial charge < -0.3 is 19.7 Å². The van der Waals surface area contributed by atoms with Gasteiger partial charge in [0.15, 0.2) is 0 Å². The second-order valence-corrected chi connectivity index (χ2v) is 11.1. The van der Waals surface area contributed by atoms with Crippen molar-refractivity contribution >= 4 is 21.6 Å². The van der Waals surface area contributed by atoms with Gasteiger partial charge >= 0.3 is 11.4 Å². The largest absolute Gasteiger partial charge is 0.394 e. The molecule has 2 aliphatic heterocycles. The van der Waals surface area contributed by atoms with Gasteiger partial charge in [-0.3, -0.25) is 28.7 Å². The summed E-state index contributed by atoms with van der Waals surface area (Å²) in [6.07, 6.45) is 1.41. The third-order valence-corrected chi connectivity index (χ3v) is 9.35. The number of H-pyrrole nitrogens is 2. The van der Waals surface area contributed by atoms with Gasteiger partial charge in [0, 0.05) is 46.9 Å². The zero-order valence-corrected chi connectivity index (χ0v) is 20.1. The number of aromatic amines is 2. The molecule has 0 amide bonds. The second kappa shape index (κ2) is 10.3. The lowest BCUT2D eigenvalue weighted by Crippen LogP contribution is -2.33. The van der Waals surface area contributed by atoms with Crippen molar-refractivity contribution in [2.45, 2.75) is 61.9 Å². The predicted octanol–water partition coefficient (Wildman–Crippen LogP) is -0.618. The van der Waals surface area contributed by atoms with Crippen LogP contribution < -0.4 is 22.5 Å². The SMILES string of the molecule is Cc1cn([C@H]2CC(SSC3C[C@H](n4cc(C)c(=O)[nH]c4=O)O[C@@H]3CO)[C@@H](CO)O2)c(=O)[nH]c1=O. The Kier molecular flexibility index (Phi) is 7.54. The first-order valence-electron chi connectivity index (χ1n) is 10.7. The van der Waals surface area contributed by atoms with E-state index < -0.39 is 47.2 Å². The number of aromatic nitrogens is 4. The molecule has 14 heteroatoms. The molecule has 2 aromatic heterocycles. The summed E-state index contributed by atoms with van der Waals surface area (Å²) in [5, 5.41) is 19.3. The summed E-state index contributed by atoms with van der Waals surface area (Å²) in [4.78, 5) is 52.3. The molecule has 2 aliphatic rings. The van der Waals surface area contributed by atoms with Crippen LogP contribution in [0.3, 0.4) is 0 Å². The Morgan fingerprint density at radius 1 is 0.824 bits per heavy atom. The molecule has 186 valence electrons. The highest BCUT2D eigenvalue weighted by molar-refractivity contribution is 8.77. The second-order valence-electron chi connectivity index (χ2n) is 8.32. The van der Waals surface area contributed by atoms with Gasteiger partial charge in [0.05, 0.1) is 25.4 Å². The van der Waals surface area contributed by atoms with Gasteiger partial charge in [-0.2, -0.15) is 0 Å². The highest BCUT2D eigenvalue weighted by Gasteiger charge is 2.41. The smallest absolute Gasteiger partial charge is 0.330 e. The van der Waals surface area contributed by atoms with Gasteiger partial charge in [0.2, 0.25) is 0 Å². The molecule has 0 bridgehead atoms. The molecule has 2 aromatic rings. The Hall–Kier alpha value is -2.10. The van der Waals surface area contributed by atoms with Crippen LogP contribution in [0.4, 0.5) is 0 Å². The molecule has 4 N–H and O–H groups in total. The minimum Gasteiger partial charge on any atom is -0.394 e. The number of nitrogens with zero attached hydrogens (tertiary/aromatic N) is 2. The van der Waals surface area contributed by atoms with Crippen molar-refractivity contribution < 1.29 is 19.7 Å². The first kappa shape index (κ1) is 25.0. The lowest BCUT2D eigenvalue weighted by atomic mass is 10.2. The number of aliphatic hydroxyl groups is 2. The van der Waals surface area contributed by atoms with E-state index >= 15 is 0 Å². The molecule has 4 rings (SSSR count). The third-order valence-electron chi connectivity index (χ3n) is 5.94. The van der Waals surface area contributed by atoms with Crippen molar-refractivity contribution in [2.75, 3.05) is 13.2 Å². The van der Waals surface area contributed by atoms with Crippen LogP contribution in [0.25, 0.3) is 0 Å². The maximum atomic E-state index is 12.2. The fourth-order valence-corrected chi connectivity index (χ4v) is 7.41. The normalized spacial score (nSPS) is 29.1. The molecule has 2 fully saturated rings. The predicted molar refractivity (Wildman–Crippen MR) is 126 cm³/mol. The summed E-state index contributed by atoms with van der Waals surface area (Å²) in [5.41, 5.74) is -1.32. The monoisotopic (exact) mass is 514 g/mol. The summed E-state index contributed by atoms with van der Waals surface area (Å²) >= 11 is 0. The van der Waals surface area contributed by atoms with E-state index in [2.05, 4.69) is 9.97 Å². The Bertz CT molecular complexity index is 1170. The molecule has 0 aromatic carbocycles. The molecule has 6 atom stereocenters. The van der Waals surface area contributed by atoms with Crippen LogP contribution >= 0.6 is 21.6 Å². The molecule has 0 radical (unpaired) electrons. The van der Waals surface area contributed by atoms with Crippen LogP contribution in [0.5, 0.6) is 0 Å². The number of hydrogen-bond donors (Lipinski definition) is 4. The van der Waals surface area contributed by atoms with E-state index in [1.54, 1.807) is 13.8 Å². The number of aliphatic hydroxyl groups excluding tert-OH is 2. The van der Waals surface area contributed by atoms with E-state index in [1.807, 2.05) is 0 Å². The fraction of sp³-hybridized carbons (Fsp3) is 0.600. The molecular formula is C20H26N4O8S2. The number of ether oxygens (including phenoxy) is 2. The molecule has 0 spiro atoms. The van der Waals surface area contributed by atoms with Crippen LogP contribution in [0, 0.1) is 13.8 Å². The van der Waals surface area contributed by atoms with Gasteiger partial charge in [0.1, 0.15) is 12.5 Å². The van der Waals surface area contributed by atoms with Crippen molar-refractivity contribution in [3.8, 4) is 0 Å². The van der Waals surface area contributed by atoms with Gasteiger partial charge in [-0.25, -0.2) is 9.59 Å². The maximum Gasteiger partial charge on any atom is 0.330 e. The molecule has 2 saturated heterocycles. The highest BCUT2D eigenvalue weighted by Crippen LogP contribution is 2.47. The number of rotatable bonds is 7. The third kappa shape index (κ3) is 4.97. The highest BCUT2D eigenvalue weighted by atomic mass is 33.1. The molecule has 0 aliphatic carbocycles. The maximum absolute atomic E-state index is 12.2. The van der Waals surface area contributed by atoms with E-state index in [1.165, 1.54) is 43.1 Å². The summed E-state index contributed by atoms with van der Waals surface area (Å²) in [5.74, 6) is 0. The van der Waals surface area contributed by atoms with Crippen molar-refractivity contribution in [2.24, 2.45) is 0 Å². The number of hydrogen-bond acceptors (Lipinski definition) is 10. The molecule has 2 unspecified atom stereocenters. The molecule has 34 heavy (non-hydrogen) atoms. The van der Waals surface area contributed by atoms with Crippen LogP contribution in [-0.4, -0.2) is 65.2 Å². The van der Waals surface area contributed by atoms with Crippen molar-refractivity contribution in [1.82, 2.24) is 19.1 Å². The van der Waals surface area contributed by atoms with Crippen LogP contribution in [-0.2, 0) is 9.47 Å². The lowest BCUT2D eigenvalue weighted by molar-refractivity contribution is -0.0240. The average molecular weight is 515 g/mol. The first-order chi connectivity index (χ1) is 16.2. The zero-order chi connectivity index (χ0) is 24.6. The first-order valence-corrected chi connectivity index (χ1v) is 13.0. The van der Waals surface area contributed by atoms with Gasteiger partial charge in [0.25, 0.3) is 11.1 Å². The topological polar surface area (TPSA) is 169 Å². The number of nitrogens with one attached hydrogen (secondary N) is 2. The average Bonchev–Trinajstić information content (AvgIpc) is 3.40. The van der Waals surface area contributed by atoms with E-state index in [4.69, 9.17) is 9.47 Å². The fourth-order valence-electron chi connectivity index (χ4n) is 4.02. The van der Waals surface area contributed by atoms with E-state index in [0.29, 0.717) is 24.0 Å². The zero-order valence-electron chi connectivity index (χ0n) is 18.5. The van der Waals surface area contributed by atoms with E-state index in [-0.39, 0.29) is 23.7 Å². The van der Waals surface area contributed by atoms with Gasteiger partial charge in [-0.15, -0.1) is 0 Å². The Labute approximate surface area is 200 Å². The van der Waals surface area contributed by atoms with E-state index in [9.17, 15) is 29.4 Å². The van der Waals surface area contributed by atoms with Crippen LogP contribution in [0.1, 0.15) is 36.4 Å². The minimum absolute atomic E-state index is 0.171. The standard InChI is InChI=1S/C20H26N4O8S2/c1-9-5-23(19(29)21-17(9)27)15-3-13(11(7-25)31-15)33-34-14-4-16(32-12(14)8-26)24-6-10(2)18(28)22-20(24)30/h5-6,11-16,25-26H,3-4,7-8H2,1-2H3,(H,21,27,29)(H,22,28,30)/t11-,12-,13?,14?,15-,16-/m1/s1. The Morgan fingerprint density at radius 3 is 1.56 bits per heavy atom. The van der Waals surface area contributed by atoms with Crippen LogP contribution in [0.2, 0.25) is 0 Å². The van der Waals surface area contributed by atoms with Crippen molar-refractivity contribution in [3.05, 3.63) is 65.2 Å². The summed E-state index contributed by atoms with van der Waals surface area (Å²) in [7, 11) is 2.92. The lowest BCUT2D eigenvalue weighted by Gasteiger charge is -2.19. The minimum atomic E-state index is -0.637. The Morgan fingerprint density at radius 2 is 1.21 bits per heavy atom. The summed E-state index contributed by atoms with van der Waals surface area (Å²) in [6, 6.07) is 0. The van der Waals surface area contributed by atoms with Gasteiger partial charge in [-0.1, -0.05) is 21.6 Å². The van der Waals surface area contributed by atoms with Crippen molar-refractivity contribution in [1.29, 1.82) is 0 Å². The summed E-state index contributed by atoms with van der Waals surface area (Å²) < 4.78 is 14.4. The van der Waals surface area contributed by atoms with Crippen molar-refractivity contribution in [3.63, 3.8) is 0 Å². The van der Waals surface area contributed by atoms with Gasteiger partial charge in [-0.05, 0) is 13.8 Å². The molecule has 12 nitrogen and oxygen atoms in total. The summed E-state index contributed by atoms with van der Waals surface area (Å²) in [6.45, 7) is 2.70. The molecule has 0 saturated carbocycles. The molecule has 4 heterocycles. The quantitative estimate of drug-likeness (QED) is 0.350. The number of aryl methyl sites for hydroxylation is 2. The molecular weight excluding hydrogens is 488 g/mol.